The lowest BCUT2D eigenvalue weighted by molar-refractivity contribution is 0.0197. The Labute approximate surface area is 221 Å². The lowest BCUT2D eigenvalue weighted by Crippen LogP contribution is -2.59. The van der Waals surface area contributed by atoms with E-state index in [0.29, 0.717) is 31.6 Å². The van der Waals surface area contributed by atoms with Gasteiger partial charge in [-0.2, -0.15) is 17.0 Å². The third kappa shape index (κ3) is 6.81. The Kier molecular flexibility index (Phi) is 11.4. The molecule has 4 rings (SSSR count). The number of hydrogen-bond acceptors (Lipinski definition) is 3. The minimum Gasteiger partial charge on any atom is -0.296 e. The molecule has 0 amide bonds. The number of piperidine rings is 2. The van der Waals surface area contributed by atoms with E-state index < -0.39 is 10.2 Å². The van der Waals surface area contributed by atoms with Gasteiger partial charge in [0.2, 0.25) is 0 Å². The second-order valence-corrected chi connectivity index (χ2v) is 12.7. The van der Waals surface area contributed by atoms with Gasteiger partial charge in [0.25, 0.3) is 10.2 Å². The predicted molar refractivity (Wildman–Crippen MR) is 148 cm³/mol. The van der Waals surface area contributed by atoms with Crippen LogP contribution in [-0.2, 0) is 16.6 Å². The summed E-state index contributed by atoms with van der Waals surface area (Å²) in [7, 11) is -3.44. The molecule has 5 nitrogen and oxygen atoms in total. The molecule has 0 N–H and O–H groups in total. The summed E-state index contributed by atoms with van der Waals surface area (Å²) in [5.41, 5.74) is 2.90. The van der Waals surface area contributed by atoms with E-state index in [9.17, 15) is 8.42 Å². The van der Waals surface area contributed by atoms with Gasteiger partial charge in [0.15, 0.2) is 0 Å². The van der Waals surface area contributed by atoms with E-state index >= 15 is 0 Å². The van der Waals surface area contributed by atoms with Gasteiger partial charge in [0, 0.05) is 44.8 Å². The molecule has 1 aromatic rings. The molecule has 7 heteroatoms. The third-order valence-corrected chi connectivity index (χ3v) is 10.5. The van der Waals surface area contributed by atoms with Crippen LogP contribution in [-0.4, -0.2) is 60.7 Å². The highest BCUT2D eigenvalue weighted by Gasteiger charge is 2.47. The highest BCUT2D eigenvalue weighted by atomic mass is 35.5. The second-order valence-electron chi connectivity index (χ2n) is 10.8. The molecule has 0 radical (unpaired) electrons. The summed E-state index contributed by atoms with van der Waals surface area (Å²) in [6.07, 6.45) is 13.2. The van der Waals surface area contributed by atoms with E-state index in [1.165, 1.54) is 36.8 Å². The van der Waals surface area contributed by atoms with E-state index in [-0.39, 0.29) is 18.4 Å². The number of nitrogens with zero attached hydrogens (tertiary/aromatic N) is 3. The van der Waals surface area contributed by atoms with Crippen molar-refractivity contribution in [2.45, 2.75) is 103 Å². The van der Waals surface area contributed by atoms with Gasteiger partial charge in [-0.3, -0.25) is 4.90 Å². The normalized spacial score (nSPS) is 24.9. The maximum Gasteiger partial charge on any atom is 0.282 e. The first kappa shape index (κ1) is 28.9. The van der Waals surface area contributed by atoms with Gasteiger partial charge in [-0.05, 0) is 55.6 Å². The van der Waals surface area contributed by atoms with Crippen LogP contribution in [0.25, 0.3) is 0 Å². The van der Waals surface area contributed by atoms with E-state index in [2.05, 4.69) is 43.0 Å². The van der Waals surface area contributed by atoms with Crippen LogP contribution in [0.5, 0.6) is 0 Å². The molecule has 0 bridgehead atoms. The number of halogens is 1. The Balaban J connectivity index is 0.00000342. The maximum absolute atomic E-state index is 14.1. The minimum atomic E-state index is -3.44. The van der Waals surface area contributed by atoms with E-state index in [1.807, 2.05) is 8.61 Å². The Morgan fingerprint density at radius 1 is 0.943 bits per heavy atom. The highest BCUT2D eigenvalue weighted by molar-refractivity contribution is 7.86. The molecule has 200 valence electrons. The van der Waals surface area contributed by atoms with Crippen molar-refractivity contribution in [3.63, 3.8) is 0 Å². The zero-order valence-corrected chi connectivity index (χ0v) is 23.7. The van der Waals surface area contributed by atoms with E-state index in [0.717, 1.165) is 64.5 Å². The first-order chi connectivity index (χ1) is 16.6. The summed E-state index contributed by atoms with van der Waals surface area (Å²) < 4.78 is 32.0. The fourth-order valence-corrected chi connectivity index (χ4v) is 8.54. The smallest absolute Gasteiger partial charge is 0.282 e. The van der Waals surface area contributed by atoms with Crippen LogP contribution in [0.3, 0.4) is 0 Å². The van der Waals surface area contributed by atoms with Gasteiger partial charge in [-0.1, -0.05) is 76.6 Å². The quantitative estimate of drug-likeness (QED) is 0.305. The van der Waals surface area contributed by atoms with Crippen LogP contribution in [0.4, 0.5) is 0 Å². The summed E-state index contributed by atoms with van der Waals surface area (Å²) in [6.45, 7) is 8.63. The summed E-state index contributed by atoms with van der Waals surface area (Å²) >= 11 is 0. The summed E-state index contributed by atoms with van der Waals surface area (Å²) in [6, 6.07) is 9.35. The van der Waals surface area contributed by atoms with Gasteiger partial charge in [-0.25, -0.2) is 0 Å². The minimum absolute atomic E-state index is 0. The SMILES string of the molecule is CCCCCCN(CCCCCC)S(=O)(=O)N1CCC[C@@H]2CN3CCc4ccccc4[C@H]3C[C@@H]21.Cl. The van der Waals surface area contributed by atoms with Crippen molar-refractivity contribution in [3.8, 4) is 0 Å². The predicted octanol–water partition coefficient (Wildman–Crippen LogP) is 6.20. The molecule has 3 atom stereocenters. The van der Waals surface area contributed by atoms with Crippen LogP contribution >= 0.6 is 12.4 Å². The van der Waals surface area contributed by atoms with Gasteiger partial charge in [-0.15, -0.1) is 12.4 Å². The maximum atomic E-state index is 14.1. The number of rotatable bonds is 12. The lowest BCUT2D eigenvalue weighted by Gasteiger charge is -2.52. The summed E-state index contributed by atoms with van der Waals surface area (Å²) in [4.78, 5) is 2.65. The van der Waals surface area contributed by atoms with Crippen molar-refractivity contribution in [2.24, 2.45) is 5.92 Å². The molecule has 1 aromatic carbocycles. The monoisotopic (exact) mass is 525 g/mol. The van der Waals surface area contributed by atoms with Crippen molar-refractivity contribution in [1.82, 2.24) is 13.5 Å². The highest BCUT2D eigenvalue weighted by Crippen LogP contribution is 2.43. The fourth-order valence-electron chi connectivity index (χ4n) is 6.56. The average Bonchev–Trinajstić information content (AvgIpc) is 2.86. The average molecular weight is 526 g/mol. The Morgan fingerprint density at radius 2 is 1.63 bits per heavy atom. The molecule has 3 heterocycles. The zero-order chi connectivity index (χ0) is 24.0. The molecule has 35 heavy (non-hydrogen) atoms. The van der Waals surface area contributed by atoms with Gasteiger partial charge in [0.05, 0.1) is 0 Å². The molecule has 2 saturated heterocycles. The Hall–Kier alpha value is -0.660. The van der Waals surface area contributed by atoms with Crippen molar-refractivity contribution in [2.75, 3.05) is 32.7 Å². The molecule has 0 aromatic heterocycles. The molecule has 2 fully saturated rings. The first-order valence-electron chi connectivity index (χ1n) is 14.1. The van der Waals surface area contributed by atoms with Gasteiger partial charge in [0.1, 0.15) is 0 Å². The van der Waals surface area contributed by atoms with Crippen LogP contribution in [0.1, 0.15) is 102 Å². The van der Waals surface area contributed by atoms with Crippen LogP contribution in [0, 0.1) is 5.92 Å². The Bertz CT molecular complexity index is 869. The molecule has 0 aliphatic carbocycles. The van der Waals surface area contributed by atoms with Crippen molar-refractivity contribution in [3.05, 3.63) is 35.4 Å². The van der Waals surface area contributed by atoms with Crippen LogP contribution in [0.2, 0.25) is 0 Å². The van der Waals surface area contributed by atoms with Crippen molar-refractivity contribution >= 4 is 22.6 Å². The molecule has 0 spiro atoms. The van der Waals surface area contributed by atoms with Crippen molar-refractivity contribution < 1.29 is 8.42 Å². The molecule has 3 aliphatic rings. The number of unbranched alkanes of at least 4 members (excludes halogenated alkanes) is 6. The molecular weight excluding hydrogens is 478 g/mol. The number of fused-ring (bicyclic) bond motifs is 4. The summed E-state index contributed by atoms with van der Waals surface area (Å²) in [5, 5.41) is 0. The number of benzene rings is 1. The second kappa shape index (κ2) is 13.8. The van der Waals surface area contributed by atoms with Crippen LogP contribution < -0.4 is 0 Å². The topological polar surface area (TPSA) is 43.9 Å². The van der Waals surface area contributed by atoms with Crippen molar-refractivity contribution in [1.29, 1.82) is 0 Å². The lowest BCUT2D eigenvalue weighted by atomic mass is 9.77. The number of hydrogen-bond donors (Lipinski definition) is 0. The molecule has 3 aliphatic heterocycles. The van der Waals surface area contributed by atoms with Crippen LogP contribution in [0.15, 0.2) is 24.3 Å². The fraction of sp³-hybridized carbons (Fsp3) is 0.786. The largest absolute Gasteiger partial charge is 0.296 e. The standard InChI is InChI=1S/C28H47N3O2S.ClH/c1-3-5-7-11-18-30(19-12-8-6-4-2)34(32,33)31-20-13-15-25-23-29-21-17-24-14-9-10-16-26(24)28(29)22-27(25)31;/h9-10,14,16,25,27-28H,3-8,11-13,15,17-23H2,1-2H3;1H/t25-,27+,28-;/m1./s1. The Morgan fingerprint density at radius 3 is 2.31 bits per heavy atom. The van der Waals surface area contributed by atoms with Gasteiger partial charge < -0.3 is 0 Å². The molecule has 0 unspecified atom stereocenters. The molecular formula is C28H48ClN3O2S. The third-order valence-electron chi connectivity index (χ3n) is 8.47. The zero-order valence-electron chi connectivity index (χ0n) is 22.0. The molecule has 0 saturated carbocycles. The summed E-state index contributed by atoms with van der Waals surface area (Å²) in [5.74, 6) is 0.465. The van der Waals surface area contributed by atoms with E-state index in [1.54, 1.807) is 0 Å². The first-order valence-corrected chi connectivity index (χ1v) is 15.5. The van der Waals surface area contributed by atoms with Gasteiger partial charge >= 0.3 is 0 Å². The van der Waals surface area contributed by atoms with E-state index in [4.69, 9.17) is 0 Å².